The Kier molecular flexibility index (Phi) is 6.10. The number of nitrogens with one attached hydrogen (secondary N) is 1. The minimum absolute atomic E-state index is 0.0881. The van der Waals surface area contributed by atoms with Crippen molar-refractivity contribution in [3.63, 3.8) is 0 Å². The Morgan fingerprint density at radius 2 is 2.12 bits per heavy atom. The third-order valence-electron chi connectivity index (χ3n) is 2.38. The Hall–Kier alpha value is -0.440. The van der Waals surface area contributed by atoms with E-state index in [0.29, 0.717) is 17.1 Å². The van der Waals surface area contributed by atoms with E-state index in [-0.39, 0.29) is 16.3 Å². The molecule has 0 aliphatic heterocycles. The van der Waals surface area contributed by atoms with E-state index in [2.05, 4.69) is 5.32 Å². The summed E-state index contributed by atoms with van der Waals surface area (Å²) in [5.41, 5.74) is 0.391. The van der Waals surface area contributed by atoms with Crippen molar-refractivity contribution < 1.29 is 4.79 Å². The van der Waals surface area contributed by atoms with Gasteiger partial charge in [0.15, 0.2) is 0 Å². The number of amides is 1. The van der Waals surface area contributed by atoms with Crippen molar-refractivity contribution in [2.75, 3.05) is 6.54 Å². The number of halogens is 3. The Bertz CT molecular complexity index is 395. The summed E-state index contributed by atoms with van der Waals surface area (Å²) in [5, 5.41) is 3.51. The lowest BCUT2D eigenvalue weighted by atomic mass is 10.2. The van der Waals surface area contributed by atoms with E-state index in [1.807, 2.05) is 6.92 Å². The van der Waals surface area contributed by atoms with Gasteiger partial charge in [0.25, 0.3) is 5.91 Å². The van der Waals surface area contributed by atoms with Gasteiger partial charge in [-0.15, -0.1) is 11.6 Å². The van der Waals surface area contributed by atoms with E-state index in [1.165, 1.54) is 0 Å². The van der Waals surface area contributed by atoms with E-state index < -0.39 is 0 Å². The standard InChI is InChI=1S/C12H14Cl3NO/c1-2-8(13)6-7-16-12(17)9-4-3-5-10(14)11(9)15/h3-5,8H,2,6-7H2,1H3,(H,16,17). The Balaban J connectivity index is 2.56. The van der Waals surface area contributed by atoms with E-state index in [4.69, 9.17) is 34.8 Å². The van der Waals surface area contributed by atoms with Gasteiger partial charge in [0, 0.05) is 11.9 Å². The zero-order valence-corrected chi connectivity index (χ0v) is 11.7. The molecule has 5 heteroatoms. The molecule has 1 N–H and O–H groups in total. The number of hydrogen-bond donors (Lipinski definition) is 1. The largest absolute Gasteiger partial charge is 0.352 e. The van der Waals surface area contributed by atoms with E-state index in [0.717, 1.165) is 12.8 Å². The predicted molar refractivity (Wildman–Crippen MR) is 73.3 cm³/mol. The third kappa shape index (κ3) is 4.38. The first kappa shape index (κ1) is 14.6. The van der Waals surface area contributed by atoms with E-state index in [1.54, 1.807) is 18.2 Å². The molecule has 1 unspecified atom stereocenters. The summed E-state index contributed by atoms with van der Waals surface area (Å²) in [5.74, 6) is -0.225. The molecule has 2 nitrogen and oxygen atoms in total. The maximum atomic E-state index is 11.8. The van der Waals surface area contributed by atoms with Crippen LogP contribution in [0.1, 0.15) is 30.1 Å². The molecule has 94 valence electrons. The molecule has 0 bridgehead atoms. The number of carbonyl (C=O) groups is 1. The van der Waals surface area contributed by atoms with Crippen molar-refractivity contribution in [3.05, 3.63) is 33.8 Å². The Morgan fingerprint density at radius 1 is 1.41 bits per heavy atom. The fourth-order valence-corrected chi connectivity index (χ4v) is 1.82. The summed E-state index contributed by atoms with van der Waals surface area (Å²) in [7, 11) is 0. The highest BCUT2D eigenvalue weighted by molar-refractivity contribution is 6.43. The molecule has 1 amide bonds. The topological polar surface area (TPSA) is 29.1 Å². The van der Waals surface area contributed by atoms with Crippen molar-refractivity contribution in [2.24, 2.45) is 0 Å². The normalized spacial score (nSPS) is 12.2. The molecule has 0 spiro atoms. The van der Waals surface area contributed by atoms with Gasteiger partial charge in [0.2, 0.25) is 0 Å². The van der Waals surface area contributed by atoms with Crippen LogP contribution in [0.5, 0.6) is 0 Å². The molecule has 1 rings (SSSR count). The van der Waals surface area contributed by atoms with Crippen molar-refractivity contribution >= 4 is 40.7 Å². The van der Waals surface area contributed by atoms with Gasteiger partial charge in [-0.1, -0.05) is 36.2 Å². The lowest BCUT2D eigenvalue weighted by molar-refractivity contribution is 0.0953. The first-order valence-corrected chi connectivity index (χ1v) is 6.61. The molecule has 0 fully saturated rings. The van der Waals surface area contributed by atoms with Crippen LogP contribution in [0.2, 0.25) is 10.0 Å². The summed E-state index contributed by atoms with van der Waals surface area (Å²) in [6.07, 6.45) is 1.62. The second-order valence-corrected chi connectivity index (χ2v) is 5.05. The highest BCUT2D eigenvalue weighted by Crippen LogP contribution is 2.25. The minimum atomic E-state index is -0.225. The molecule has 0 saturated carbocycles. The molecular weight excluding hydrogens is 280 g/mol. The van der Waals surface area contributed by atoms with Crippen LogP contribution < -0.4 is 5.32 Å². The Morgan fingerprint density at radius 3 is 2.76 bits per heavy atom. The van der Waals surface area contributed by atoms with Crippen molar-refractivity contribution in [1.82, 2.24) is 5.32 Å². The average molecular weight is 295 g/mol. The summed E-state index contributed by atoms with van der Waals surface area (Å²) in [6.45, 7) is 2.54. The predicted octanol–water partition coefficient (Wildman–Crippen LogP) is 4.13. The summed E-state index contributed by atoms with van der Waals surface area (Å²) >= 11 is 17.7. The van der Waals surface area contributed by atoms with Gasteiger partial charge >= 0.3 is 0 Å². The van der Waals surface area contributed by atoms with Crippen LogP contribution in [0.3, 0.4) is 0 Å². The SMILES string of the molecule is CCC(Cl)CCNC(=O)c1cccc(Cl)c1Cl. The second kappa shape index (κ2) is 7.10. The molecule has 1 aromatic carbocycles. The quantitative estimate of drug-likeness (QED) is 0.813. The van der Waals surface area contributed by atoms with Crippen LogP contribution in [0.15, 0.2) is 18.2 Å². The summed E-state index contributed by atoms with van der Waals surface area (Å²) in [4.78, 5) is 11.8. The van der Waals surface area contributed by atoms with Crippen LogP contribution in [0.25, 0.3) is 0 Å². The highest BCUT2D eigenvalue weighted by Gasteiger charge is 2.12. The lowest BCUT2D eigenvalue weighted by Crippen LogP contribution is -2.26. The maximum absolute atomic E-state index is 11.8. The minimum Gasteiger partial charge on any atom is -0.352 e. The van der Waals surface area contributed by atoms with Crippen molar-refractivity contribution in [2.45, 2.75) is 25.1 Å². The highest BCUT2D eigenvalue weighted by atomic mass is 35.5. The van der Waals surface area contributed by atoms with Crippen LogP contribution in [0, 0.1) is 0 Å². The molecule has 1 atom stereocenters. The molecule has 0 aliphatic carbocycles. The average Bonchev–Trinajstić information content (AvgIpc) is 2.32. The second-order valence-electron chi connectivity index (χ2n) is 3.65. The zero-order valence-electron chi connectivity index (χ0n) is 9.47. The maximum Gasteiger partial charge on any atom is 0.252 e. The number of alkyl halides is 1. The first-order chi connectivity index (χ1) is 8.06. The van der Waals surface area contributed by atoms with Gasteiger partial charge < -0.3 is 5.32 Å². The summed E-state index contributed by atoms with van der Waals surface area (Å²) in [6, 6.07) is 4.98. The van der Waals surface area contributed by atoms with Crippen molar-refractivity contribution in [1.29, 1.82) is 0 Å². The third-order valence-corrected chi connectivity index (χ3v) is 3.73. The summed E-state index contributed by atoms with van der Waals surface area (Å²) < 4.78 is 0. The van der Waals surface area contributed by atoms with Gasteiger partial charge in [0.1, 0.15) is 0 Å². The molecule has 0 heterocycles. The van der Waals surface area contributed by atoms with E-state index in [9.17, 15) is 4.79 Å². The fraction of sp³-hybridized carbons (Fsp3) is 0.417. The first-order valence-electron chi connectivity index (χ1n) is 5.42. The smallest absolute Gasteiger partial charge is 0.252 e. The van der Waals surface area contributed by atoms with Crippen LogP contribution in [-0.4, -0.2) is 17.8 Å². The van der Waals surface area contributed by atoms with Gasteiger partial charge in [-0.3, -0.25) is 4.79 Å². The van der Waals surface area contributed by atoms with Gasteiger partial charge in [0.05, 0.1) is 15.6 Å². The van der Waals surface area contributed by atoms with Crippen LogP contribution >= 0.6 is 34.8 Å². The fourth-order valence-electron chi connectivity index (χ4n) is 1.32. The molecule has 1 aromatic rings. The molecule has 0 saturated heterocycles. The van der Waals surface area contributed by atoms with Crippen LogP contribution in [-0.2, 0) is 0 Å². The zero-order chi connectivity index (χ0) is 12.8. The van der Waals surface area contributed by atoms with Gasteiger partial charge in [-0.2, -0.15) is 0 Å². The Labute approximate surface area is 116 Å². The molecular formula is C12H14Cl3NO. The van der Waals surface area contributed by atoms with Gasteiger partial charge in [-0.05, 0) is 25.0 Å². The molecule has 17 heavy (non-hydrogen) atoms. The molecule has 0 aromatic heterocycles. The monoisotopic (exact) mass is 293 g/mol. The van der Waals surface area contributed by atoms with Gasteiger partial charge in [-0.25, -0.2) is 0 Å². The molecule has 0 aliphatic rings. The van der Waals surface area contributed by atoms with Crippen LogP contribution in [0.4, 0.5) is 0 Å². The number of hydrogen-bond acceptors (Lipinski definition) is 1. The number of rotatable bonds is 5. The van der Waals surface area contributed by atoms with Crippen molar-refractivity contribution in [3.8, 4) is 0 Å². The number of benzene rings is 1. The van der Waals surface area contributed by atoms with E-state index >= 15 is 0 Å². The lowest BCUT2D eigenvalue weighted by Gasteiger charge is -2.09. The molecule has 0 radical (unpaired) electrons. The number of carbonyl (C=O) groups excluding carboxylic acids is 1.